The number of hydrogen-bond donors (Lipinski definition) is 1. The van der Waals surface area contributed by atoms with Crippen LogP contribution in [0, 0.1) is 0 Å². The maximum Gasteiger partial charge on any atom is 0.134 e. The SMILES string of the molecule is COCCNCCCCOc1ccc2ccccc2c1Br. The summed E-state index contributed by atoms with van der Waals surface area (Å²) in [6.07, 6.45) is 2.15. The van der Waals surface area contributed by atoms with Crippen molar-refractivity contribution in [3.05, 3.63) is 40.9 Å². The van der Waals surface area contributed by atoms with Crippen molar-refractivity contribution >= 4 is 26.7 Å². The number of benzene rings is 2. The highest BCUT2D eigenvalue weighted by molar-refractivity contribution is 9.10. The molecule has 21 heavy (non-hydrogen) atoms. The molecule has 1 N–H and O–H groups in total. The third-order valence-electron chi connectivity index (χ3n) is 3.32. The fourth-order valence-electron chi connectivity index (χ4n) is 2.16. The first-order chi connectivity index (χ1) is 10.3. The number of unbranched alkanes of at least 4 members (excludes halogenated alkanes) is 1. The molecule has 0 heterocycles. The Morgan fingerprint density at radius 1 is 1.00 bits per heavy atom. The zero-order chi connectivity index (χ0) is 14.9. The zero-order valence-corrected chi connectivity index (χ0v) is 14.0. The Labute approximate surface area is 134 Å². The van der Waals surface area contributed by atoms with E-state index in [4.69, 9.17) is 9.47 Å². The minimum atomic E-state index is 0.739. The predicted molar refractivity (Wildman–Crippen MR) is 91.1 cm³/mol. The van der Waals surface area contributed by atoms with Gasteiger partial charge in [0.05, 0.1) is 17.7 Å². The molecule has 0 radical (unpaired) electrons. The Bertz CT molecular complexity index is 559. The molecule has 0 spiro atoms. The van der Waals surface area contributed by atoms with Crippen LogP contribution in [-0.2, 0) is 4.74 Å². The number of nitrogens with one attached hydrogen (secondary N) is 1. The highest BCUT2D eigenvalue weighted by Crippen LogP contribution is 2.33. The first kappa shape index (κ1) is 16.3. The molecule has 3 nitrogen and oxygen atoms in total. The molecule has 4 heteroatoms. The van der Waals surface area contributed by atoms with Crippen LogP contribution in [0.15, 0.2) is 40.9 Å². The van der Waals surface area contributed by atoms with Crippen LogP contribution < -0.4 is 10.1 Å². The molecule has 0 bridgehead atoms. The molecule has 0 saturated heterocycles. The van der Waals surface area contributed by atoms with E-state index in [9.17, 15) is 0 Å². The van der Waals surface area contributed by atoms with Gasteiger partial charge in [-0.3, -0.25) is 0 Å². The Morgan fingerprint density at radius 2 is 1.86 bits per heavy atom. The second-order valence-corrected chi connectivity index (χ2v) is 5.69. The topological polar surface area (TPSA) is 30.5 Å². The molecular formula is C17H22BrNO2. The van der Waals surface area contributed by atoms with E-state index in [1.165, 1.54) is 10.8 Å². The van der Waals surface area contributed by atoms with Crippen molar-refractivity contribution in [2.24, 2.45) is 0 Å². The van der Waals surface area contributed by atoms with Crippen molar-refractivity contribution in [2.45, 2.75) is 12.8 Å². The Hall–Kier alpha value is -1.10. The lowest BCUT2D eigenvalue weighted by atomic mass is 10.1. The maximum atomic E-state index is 5.87. The van der Waals surface area contributed by atoms with Crippen LogP contribution in [0.3, 0.4) is 0 Å². The lowest BCUT2D eigenvalue weighted by Crippen LogP contribution is -2.20. The molecule has 0 unspecified atom stereocenters. The normalized spacial score (nSPS) is 11.0. The lowest BCUT2D eigenvalue weighted by molar-refractivity contribution is 0.199. The minimum absolute atomic E-state index is 0.739. The molecule has 0 aromatic heterocycles. The largest absolute Gasteiger partial charge is 0.492 e. The molecule has 114 valence electrons. The second-order valence-electron chi connectivity index (χ2n) is 4.90. The van der Waals surface area contributed by atoms with Gasteiger partial charge in [0.25, 0.3) is 0 Å². The summed E-state index contributed by atoms with van der Waals surface area (Å²) in [5, 5.41) is 5.74. The van der Waals surface area contributed by atoms with Gasteiger partial charge in [-0.1, -0.05) is 30.3 Å². The Morgan fingerprint density at radius 3 is 2.71 bits per heavy atom. The average Bonchev–Trinajstić information content (AvgIpc) is 2.52. The monoisotopic (exact) mass is 351 g/mol. The van der Waals surface area contributed by atoms with Gasteiger partial charge < -0.3 is 14.8 Å². The standard InChI is InChI=1S/C17H22BrNO2/c1-20-13-11-19-10-4-5-12-21-16-9-8-14-6-2-3-7-15(14)17(16)18/h2-3,6-9,19H,4-5,10-13H2,1H3. The van der Waals surface area contributed by atoms with E-state index in [1.54, 1.807) is 7.11 Å². The molecule has 0 atom stereocenters. The van der Waals surface area contributed by atoms with Crippen molar-refractivity contribution in [1.82, 2.24) is 5.32 Å². The highest BCUT2D eigenvalue weighted by Gasteiger charge is 2.05. The molecule has 0 amide bonds. The van der Waals surface area contributed by atoms with Gasteiger partial charge in [0.2, 0.25) is 0 Å². The molecular weight excluding hydrogens is 330 g/mol. The van der Waals surface area contributed by atoms with Gasteiger partial charge in [0, 0.05) is 13.7 Å². The van der Waals surface area contributed by atoms with Crippen LogP contribution in [0.4, 0.5) is 0 Å². The van der Waals surface area contributed by atoms with Crippen LogP contribution in [0.25, 0.3) is 10.8 Å². The van der Waals surface area contributed by atoms with E-state index >= 15 is 0 Å². The highest BCUT2D eigenvalue weighted by atomic mass is 79.9. The number of methoxy groups -OCH3 is 1. The molecule has 0 aliphatic carbocycles. The summed E-state index contributed by atoms with van der Waals surface area (Å²) in [6, 6.07) is 12.4. The van der Waals surface area contributed by atoms with Crippen LogP contribution in [-0.4, -0.2) is 33.4 Å². The van der Waals surface area contributed by atoms with Crippen LogP contribution in [0.2, 0.25) is 0 Å². The van der Waals surface area contributed by atoms with Crippen molar-refractivity contribution in [3.8, 4) is 5.75 Å². The number of fused-ring (bicyclic) bond motifs is 1. The first-order valence-electron chi connectivity index (χ1n) is 7.32. The maximum absolute atomic E-state index is 5.87. The minimum Gasteiger partial charge on any atom is -0.492 e. The third-order valence-corrected chi connectivity index (χ3v) is 4.13. The number of ether oxygens (including phenoxy) is 2. The number of halogens is 1. The van der Waals surface area contributed by atoms with Crippen LogP contribution in [0.5, 0.6) is 5.75 Å². The van der Waals surface area contributed by atoms with E-state index in [0.29, 0.717) is 0 Å². The quantitative estimate of drug-likeness (QED) is 0.692. The summed E-state index contributed by atoms with van der Waals surface area (Å²) >= 11 is 3.64. The number of hydrogen-bond acceptors (Lipinski definition) is 3. The lowest BCUT2D eigenvalue weighted by Gasteiger charge is -2.10. The van der Waals surface area contributed by atoms with Gasteiger partial charge >= 0.3 is 0 Å². The summed E-state index contributed by atoms with van der Waals surface area (Å²) in [7, 11) is 1.72. The molecule has 0 aliphatic rings. The van der Waals surface area contributed by atoms with Gasteiger partial charge in [-0.15, -0.1) is 0 Å². The zero-order valence-electron chi connectivity index (χ0n) is 12.4. The van der Waals surface area contributed by atoms with E-state index < -0.39 is 0 Å². The Kier molecular flexibility index (Phi) is 7.00. The van der Waals surface area contributed by atoms with Gasteiger partial charge in [-0.05, 0) is 52.2 Å². The van der Waals surface area contributed by atoms with Crippen molar-refractivity contribution in [3.63, 3.8) is 0 Å². The second kappa shape index (κ2) is 9.03. The first-order valence-corrected chi connectivity index (χ1v) is 8.12. The van der Waals surface area contributed by atoms with Crippen LogP contribution in [0.1, 0.15) is 12.8 Å². The molecule has 0 fully saturated rings. The molecule has 2 aromatic rings. The summed E-state index contributed by atoms with van der Waals surface area (Å²) < 4.78 is 11.9. The molecule has 2 rings (SSSR count). The summed E-state index contributed by atoms with van der Waals surface area (Å²) in [5.41, 5.74) is 0. The molecule has 0 aliphatic heterocycles. The van der Waals surface area contributed by atoms with Gasteiger partial charge in [-0.2, -0.15) is 0 Å². The molecule has 0 saturated carbocycles. The summed E-state index contributed by atoms with van der Waals surface area (Å²) in [5.74, 6) is 0.918. The van der Waals surface area contributed by atoms with Crippen molar-refractivity contribution in [2.75, 3.05) is 33.4 Å². The summed E-state index contributed by atoms with van der Waals surface area (Å²) in [4.78, 5) is 0. The fourth-order valence-corrected chi connectivity index (χ4v) is 2.77. The van der Waals surface area contributed by atoms with E-state index in [1.807, 2.05) is 18.2 Å². The molecule has 2 aromatic carbocycles. The van der Waals surface area contributed by atoms with E-state index in [2.05, 4.69) is 39.4 Å². The summed E-state index contributed by atoms with van der Waals surface area (Å²) in [6.45, 7) is 3.42. The van der Waals surface area contributed by atoms with Crippen LogP contribution >= 0.6 is 15.9 Å². The van der Waals surface area contributed by atoms with Gasteiger partial charge in [0.15, 0.2) is 0 Å². The average molecular weight is 352 g/mol. The van der Waals surface area contributed by atoms with E-state index in [-0.39, 0.29) is 0 Å². The van der Waals surface area contributed by atoms with Crippen molar-refractivity contribution in [1.29, 1.82) is 0 Å². The number of rotatable bonds is 9. The van der Waals surface area contributed by atoms with Gasteiger partial charge in [-0.25, -0.2) is 0 Å². The van der Waals surface area contributed by atoms with E-state index in [0.717, 1.165) is 49.4 Å². The third kappa shape index (κ3) is 4.99. The Balaban J connectivity index is 1.75. The fraction of sp³-hybridized carbons (Fsp3) is 0.412. The van der Waals surface area contributed by atoms with Gasteiger partial charge in [0.1, 0.15) is 5.75 Å². The smallest absolute Gasteiger partial charge is 0.134 e. The predicted octanol–water partition coefficient (Wildman–Crippen LogP) is 4.00. The van der Waals surface area contributed by atoms with Crippen molar-refractivity contribution < 1.29 is 9.47 Å².